The largest absolute Gasteiger partial charge is 0.460 e. The van der Waals surface area contributed by atoms with Crippen LogP contribution in [0, 0.1) is 45.3 Å². The number of hydrogen-bond donors (Lipinski definition) is 0. The van der Waals surface area contributed by atoms with Crippen LogP contribution in [0.15, 0.2) is 28.7 Å². The predicted octanol–water partition coefficient (Wildman–Crippen LogP) is 9.00. The summed E-state index contributed by atoms with van der Waals surface area (Å²) in [7, 11) is 0. The van der Waals surface area contributed by atoms with Gasteiger partial charge in [0.2, 0.25) is 0 Å². The van der Waals surface area contributed by atoms with Crippen molar-refractivity contribution in [2.45, 2.75) is 104 Å². The van der Waals surface area contributed by atoms with Gasteiger partial charge >= 0.3 is 0 Å². The first kappa shape index (κ1) is 30.8. The Balaban J connectivity index is 1.88. The molecule has 0 atom stereocenters. The van der Waals surface area contributed by atoms with Gasteiger partial charge < -0.3 is 4.42 Å². The van der Waals surface area contributed by atoms with E-state index in [4.69, 9.17) is 4.42 Å². The van der Waals surface area contributed by atoms with Gasteiger partial charge in [0.15, 0.2) is 0 Å². The van der Waals surface area contributed by atoms with Gasteiger partial charge in [-0.15, -0.1) is 11.3 Å². The van der Waals surface area contributed by atoms with Crippen molar-refractivity contribution >= 4 is 54.3 Å². The van der Waals surface area contributed by atoms with E-state index in [0.717, 1.165) is 64.1 Å². The Hall–Kier alpha value is -4.10. The number of rotatable bonds is 14. The average Bonchev–Trinajstić information content (AvgIpc) is 3.63. The molecule has 5 nitrogen and oxygen atoms in total. The lowest BCUT2D eigenvalue weighted by Crippen LogP contribution is -2.09. The van der Waals surface area contributed by atoms with Gasteiger partial charge in [0.05, 0.1) is 0 Å². The number of nitriles is 4. The minimum absolute atomic E-state index is 0.0171. The molecule has 2 heterocycles. The summed E-state index contributed by atoms with van der Waals surface area (Å²) in [5, 5.41) is 44.0. The predicted molar refractivity (Wildman–Crippen MR) is 172 cm³/mol. The van der Waals surface area contributed by atoms with Crippen molar-refractivity contribution in [2.75, 3.05) is 0 Å². The van der Waals surface area contributed by atoms with Crippen LogP contribution in [0.1, 0.15) is 102 Å². The fourth-order valence-electron chi connectivity index (χ4n) is 5.77. The molecule has 0 saturated carbocycles. The monoisotopic (exact) mass is 574 g/mol. The Morgan fingerprint density at radius 1 is 0.595 bits per heavy atom. The summed E-state index contributed by atoms with van der Waals surface area (Å²) < 4.78 is 7.23. The van der Waals surface area contributed by atoms with E-state index in [2.05, 4.69) is 44.2 Å². The molecule has 0 spiro atoms. The summed E-state index contributed by atoms with van der Waals surface area (Å²) in [4.78, 5) is 1.21. The van der Waals surface area contributed by atoms with Crippen LogP contribution in [-0.2, 0) is 12.8 Å². The fourth-order valence-corrected chi connectivity index (χ4v) is 7.01. The summed E-state index contributed by atoms with van der Waals surface area (Å²) in [6.07, 6.45) is 16.0. The van der Waals surface area contributed by atoms with E-state index in [0.29, 0.717) is 16.0 Å². The second kappa shape index (κ2) is 15.2. The Morgan fingerprint density at radius 2 is 1.12 bits per heavy atom. The third-order valence-corrected chi connectivity index (χ3v) is 9.27. The van der Waals surface area contributed by atoms with Crippen LogP contribution in [0.5, 0.6) is 0 Å². The number of hydrogen-bond acceptors (Lipinski definition) is 6. The second-order valence-corrected chi connectivity index (χ2v) is 12.2. The lowest BCUT2D eigenvalue weighted by Gasteiger charge is -2.04. The quantitative estimate of drug-likeness (QED) is 0.140. The first-order chi connectivity index (χ1) is 20.6. The molecule has 0 radical (unpaired) electrons. The molecule has 4 aromatic rings. The van der Waals surface area contributed by atoms with Gasteiger partial charge in [-0.05, 0) is 54.3 Å². The number of fused-ring (bicyclic) bond motifs is 5. The normalized spacial score (nSPS) is 10.9. The van der Waals surface area contributed by atoms with Gasteiger partial charge in [-0.3, -0.25) is 0 Å². The third kappa shape index (κ3) is 6.85. The van der Waals surface area contributed by atoms with E-state index >= 15 is 0 Å². The minimum atomic E-state index is 0.0171. The highest BCUT2D eigenvalue weighted by Gasteiger charge is 2.17. The summed E-state index contributed by atoms with van der Waals surface area (Å²) in [6.45, 7) is 4.43. The fraction of sp³-hybridized carbons (Fsp3) is 0.444. The number of thiophene rings is 1. The summed E-state index contributed by atoms with van der Waals surface area (Å²) in [5.74, 6) is 0.824. The number of aryl methyl sites for hydroxylation is 2. The van der Waals surface area contributed by atoms with E-state index in [1.54, 1.807) is 11.3 Å². The van der Waals surface area contributed by atoms with E-state index in [1.807, 2.05) is 18.2 Å². The summed E-state index contributed by atoms with van der Waals surface area (Å²) >= 11 is 1.64. The SMILES string of the molecule is CCCCCCCCc1cc2c(o1)c(=C(C#N)C#N)cc1c3cc(CCCCCCCC)sc3c(=C(C#N)C#N)cc21. The van der Waals surface area contributed by atoms with Gasteiger partial charge in [0, 0.05) is 37.2 Å². The van der Waals surface area contributed by atoms with Gasteiger partial charge in [0.1, 0.15) is 46.8 Å². The molecule has 0 aliphatic carbocycles. The highest BCUT2D eigenvalue weighted by Crippen LogP contribution is 2.35. The van der Waals surface area contributed by atoms with Gasteiger partial charge in [0.25, 0.3) is 0 Å². The molecule has 6 heteroatoms. The number of benzene rings is 2. The maximum absolute atomic E-state index is 9.84. The molecule has 0 unspecified atom stereocenters. The molecule has 214 valence electrons. The molecule has 42 heavy (non-hydrogen) atoms. The molecule has 2 aromatic heterocycles. The van der Waals surface area contributed by atoms with Gasteiger partial charge in [-0.2, -0.15) is 21.0 Å². The maximum Gasteiger partial charge on any atom is 0.144 e. The lowest BCUT2D eigenvalue weighted by atomic mass is 9.97. The molecular weight excluding hydrogens is 536 g/mol. The maximum atomic E-state index is 9.84. The van der Waals surface area contributed by atoms with E-state index in [9.17, 15) is 21.0 Å². The van der Waals surface area contributed by atoms with Crippen LogP contribution in [0.25, 0.3) is 43.0 Å². The molecule has 0 N–H and O–H groups in total. The molecular formula is C36H38N4OS. The third-order valence-electron chi connectivity index (χ3n) is 8.04. The van der Waals surface area contributed by atoms with Crippen LogP contribution < -0.4 is 10.4 Å². The van der Waals surface area contributed by atoms with Gasteiger partial charge in [-0.1, -0.05) is 78.1 Å². The zero-order chi connectivity index (χ0) is 29.9. The topological polar surface area (TPSA) is 108 Å². The first-order valence-corrected chi connectivity index (χ1v) is 16.2. The molecule has 0 saturated heterocycles. The Labute approximate surface area is 252 Å². The highest BCUT2D eigenvalue weighted by atomic mass is 32.1. The number of furan rings is 1. The van der Waals surface area contributed by atoms with Crippen molar-refractivity contribution in [1.82, 2.24) is 0 Å². The zero-order valence-corrected chi connectivity index (χ0v) is 25.6. The summed E-state index contributed by atoms with van der Waals surface area (Å²) in [6, 6.07) is 16.4. The van der Waals surface area contributed by atoms with Crippen molar-refractivity contribution in [2.24, 2.45) is 0 Å². The van der Waals surface area contributed by atoms with Gasteiger partial charge in [-0.25, -0.2) is 0 Å². The van der Waals surface area contributed by atoms with Crippen LogP contribution in [-0.4, -0.2) is 0 Å². The van der Waals surface area contributed by atoms with Crippen molar-refractivity contribution in [1.29, 1.82) is 21.0 Å². The number of unbranched alkanes of at least 4 members (excludes halogenated alkanes) is 10. The lowest BCUT2D eigenvalue weighted by molar-refractivity contribution is 0.520. The molecule has 4 rings (SSSR count). The van der Waals surface area contributed by atoms with E-state index in [1.165, 1.54) is 62.7 Å². The molecule has 0 aliphatic heterocycles. The Bertz CT molecular complexity index is 1690. The van der Waals surface area contributed by atoms with Crippen LogP contribution in [0.2, 0.25) is 0 Å². The van der Waals surface area contributed by atoms with Crippen LogP contribution in [0.4, 0.5) is 0 Å². The van der Waals surface area contributed by atoms with E-state index in [-0.39, 0.29) is 11.1 Å². The minimum Gasteiger partial charge on any atom is -0.460 e. The number of nitrogens with zero attached hydrogens (tertiary/aromatic N) is 4. The average molecular weight is 575 g/mol. The standard InChI is InChI=1S/C36H38N4OS/c1-3-5-7-9-11-13-15-27-17-33-31-20-30(26(23-39)24-40)36-34(18-28(42-36)16-14-12-10-8-6-4-2)32(31)19-29(35(33)41-27)25(21-37)22-38/h17-20H,3-16H2,1-2H3. The van der Waals surface area contributed by atoms with Crippen molar-refractivity contribution < 1.29 is 4.42 Å². The Morgan fingerprint density at radius 3 is 1.74 bits per heavy atom. The highest BCUT2D eigenvalue weighted by molar-refractivity contribution is 7.19. The molecule has 0 fully saturated rings. The van der Waals surface area contributed by atoms with Crippen molar-refractivity contribution in [3.63, 3.8) is 0 Å². The molecule has 2 aromatic carbocycles. The van der Waals surface area contributed by atoms with Crippen LogP contribution >= 0.6 is 11.3 Å². The van der Waals surface area contributed by atoms with Crippen LogP contribution in [0.3, 0.4) is 0 Å². The van der Waals surface area contributed by atoms with Crippen molar-refractivity contribution in [3.8, 4) is 24.3 Å². The smallest absolute Gasteiger partial charge is 0.144 e. The first-order valence-electron chi connectivity index (χ1n) is 15.4. The van der Waals surface area contributed by atoms with Crippen molar-refractivity contribution in [3.05, 3.63) is 45.3 Å². The second-order valence-electron chi connectivity index (χ2n) is 11.1. The summed E-state index contributed by atoms with van der Waals surface area (Å²) in [5.41, 5.74) is 0.623. The molecule has 0 amide bonds. The van der Waals surface area contributed by atoms with E-state index < -0.39 is 0 Å². The zero-order valence-electron chi connectivity index (χ0n) is 24.8. The molecule has 0 aliphatic rings. The molecule has 0 bridgehead atoms. The Kier molecular flexibility index (Phi) is 11.2.